The molecule has 0 radical (unpaired) electrons. The van der Waals surface area contributed by atoms with E-state index in [0.29, 0.717) is 0 Å². The molecule has 0 aromatic carbocycles. The predicted molar refractivity (Wildman–Crippen MR) is 130 cm³/mol. The first-order chi connectivity index (χ1) is 16.0. The number of carbonyl (C=O) groups excluding carboxylic acids is 4. The highest BCUT2D eigenvalue weighted by molar-refractivity contribution is 7.87. The van der Waals surface area contributed by atoms with E-state index in [1.807, 2.05) is 0 Å². The molecule has 4 atom stereocenters. The first kappa shape index (κ1) is 32.8. The molecule has 0 rings (SSSR count). The van der Waals surface area contributed by atoms with E-state index in [1.165, 1.54) is 14.2 Å². The summed E-state index contributed by atoms with van der Waals surface area (Å²) in [5, 5.41) is 5.06. The summed E-state index contributed by atoms with van der Waals surface area (Å²) in [5.74, 6) is -4.33. The van der Waals surface area contributed by atoms with Crippen LogP contribution in [-0.2, 0) is 38.9 Å². The number of esters is 2. The van der Waals surface area contributed by atoms with Crippen LogP contribution in [0.2, 0.25) is 0 Å². The number of nitrogens with one attached hydrogen (secondary N) is 4. The number of hydrogen-bond donors (Lipinski definition) is 4. The smallest absolute Gasteiger partial charge is 0.328 e. The minimum Gasteiger partial charge on any atom is -0.467 e. The summed E-state index contributed by atoms with van der Waals surface area (Å²) < 4.78 is 39.8. The van der Waals surface area contributed by atoms with Gasteiger partial charge < -0.3 is 20.1 Å². The van der Waals surface area contributed by atoms with E-state index >= 15 is 0 Å². The van der Waals surface area contributed by atoms with Gasteiger partial charge in [-0.25, -0.2) is 9.59 Å². The van der Waals surface area contributed by atoms with Gasteiger partial charge in [0.1, 0.15) is 24.2 Å². The average Bonchev–Trinajstić information content (AvgIpc) is 2.75. The number of rotatable bonds is 14. The van der Waals surface area contributed by atoms with Crippen molar-refractivity contribution in [2.75, 3.05) is 14.2 Å². The maximum atomic E-state index is 12.9. The molecule has 35 heavy (non-hydrogen) atoms. The molecule has 0 saturated heterocycles. The lowest BCUT2D eigenvalue weighted by Gasteiger charge is -2.28. The van der Waals surface area contributed by atoms with E-state index in [0.717, 1.165) is 0 Å². The van der Waals surface area contributed by atoms with Crippen LogP contribution in [0.1, 0.15) is 55.4 Å². The van der Waals surface area contributed by atoms with Gasteiger partial charge in [0.2, 0.25) is 11.8 Å². The van der Waals surface area contributed by atoms with E-state index < -0.39 is 70.0 Å². The molecule has 0 aliphatic carbocycles. The second-order valence-electron chi connectivity index (χ2n) is 9.69. The largest absolute Gasteiger partial charge is 0.467 e. The van der Waals surface area contributed by atoms with E-state index in [1.54, 1.807) is 55.4 Å². The molecule has 0 aliphatic rings. The van der Waals surface area contributed by atoms with Crippen LogP contribution in [0.5, 0.6) is 0 Å². The Kier molecular flexibility index (Phi) is 13.4. The molecule has 0 spiro atoms. The van der Waals surface area contributed by atoms with Gasteiger partial charge in [0.25, 0.3) is 10.2 Å². The van der Waals surface area contributed by atoms with Gasteiger partial charge in [-0.15, -0.1) is 0 Å². The van der Waals surface area contributed by atoms with Crippen LogP contribution < -0.4 is 20.1 Å². The summed E-state index contributed by atoms with van der Waals surface area (Å²) in [6, 6.07) is -4.42. The van der Waals surface area contributed by atoms with Gasteiger partial charge in [-0.2, -0.15) is 17.9 Å². The first-order valence-corrected chi connectivity index (χ1v) is 13.0. The summed E-state index contributed by atoms with van der Waals surface area (Å²) in [7, 11) is -1.99. The van der Waals surface area contributed by atoms with Gasteiger partial charge in [-0.05, 0) is 23.7 Å². The topological polar surface area (TPSA) is 169 Å². The number of carbonyl (C=O) groups is 4. The maximum absolute atomic E-state index is 12.9. The highest BCUT2D eigenvalue weighted by Gasteiger charge is 2.36. The lowest BCUT2D eigenvalue weighted by Crippen LogP contribution is -2.60. The van der Waals surface area contributed by atoms with E-state index in [-0.39, 0.29) is 11.8 Å². The molecule has 2 amide bonds. The van der Waals surface area contributed by atoms with Crippen molar-refractivity contribution >= 4 is 34.0 Å². The summed E-state index contributed by atoms with van der Waals surface area (Å²) in [6.45, 7) is 13.4. The Balaban J connectivity index is 5.70. The highest BCUT2D eigenvalue weighted by Crippen LogP contribution is 2.11. The molecular formula is C22H42N4O8S. The summed E-state index contributed by atoms with van der Waals surface area (Å²) in [4.78, 5) is 49.8. The quantitative estimate of drug-likeness (QED) is 0.233. The standard InChI is InChI=1S/C22H42N4O8S/c1-11(2)15(19(27)23-17(13(5)6)21(29)33-9)25-35(31,32)26-16(12(3)4)20(28)24-18(14(7)8)22(30)34-10/h11-18,25-26H,1-10H3,(H,23,27)(H,24,28)/t15-,16-,17-,18-/m0/s1. The Hall–Kier alpha value is -2.25. The zero-order chi connectivity index (χ0) is 27.7. The summed E-state index contributed by atoms with van der Waals surface area (Å²) in [6.07, 6.45) is 0. The minimum atomic E-state index is -4.38. The van der Waals surface area contributed by atoms with Crippen molar-refractivity contribution in [2.24, 2.45) is 23.7 Å². The number of methoxy groups -OCH3 is 2. The first-order valence-electron chi connectivity index (χ1n) is 11.5. The van der Waals surface area contributed by atoms with Crippen molar-refractivity contribution in [3.8, 4) is 0 Å². The molecule has 12 nitrogen and oxygen atoms in total. The molecule has 0 heterocycles. The monoisotopic (exact) mass is 522 g/mol. The lowest BCUT2D eigenvalue weighted by atomic mass is 10.0. The van der Waals surface area contributed by atoms with Crippen LogP contribution >= 0.6 is 0 Å². The number of amides is 2. The van der Waals surface area contributed by atoms with E-state index in [4.69, 9.17) is 9.47 Å². The molecule has 204 valence electrons. The zero-order valence-corrected chi connectivity index (χ0v) is 23.1. The Morgan fingerprint density at radius 3 is 1.00 bits per heavy atom. The lowest BCUT2D eigenvalue weighted by molar-refractivity contribution is -0.147. The molecule has 4 N–H and O–H groups in total. The van der Waals surface area contributed by atoms with Crippen molar-refractivity contribution in [1.82, 2.24) is 20.1 Å². The Morgan fingerprint density at radius 2 is 0.800 bits per heavy atom. The van der Waals surface area contributed by atoms with Crippen LogP contribution in [0.4, 0.5) is 0 Å². The summed E-state index contributed by atoms with van der Waals surface area (Å²) >= 11 is 0. The third-order valence-electron chi connectivity index (χ3n) is 5.30. The Labute approximate surface area is 208 Å². The number of hydrogen-bond acceptors (Lipinski definition) is 8. The van der Waals surface area contributed by atoms with Gasteiger partial charge in [0.15, 0.2) is 0 Å². The fourth-order valence-corrected chi connectivity index (χ4v) is 4.58. The summed E-state index contributed by atoms with van der Waals surface area (Å²) in [5.41, 5.74) is 0. The third-order valence-corrected chi connectivity index (χ3v) is 6.43. The Morgan fingerprint density at radius 1 is 0.543 bits per heavy atom. The van der Waals surface area contributed by atoms with Crippen LogP contribution in [0.15, 0.2) is 0 Å². The zero-order valence-electron chi connectivity index (χ0n) is 22.3. The second kappa shape index (κ2) is 14.3. The number of ether oxygens (including phenoxy) is 2. The van der Waals surface area contributed by atoms with Gasteiger partial charge in [0.05, 0.1) is 14.2 Å². The van der Waals surface area contributed by atoms with Gasteiger partial charge in [-0.3, -0.25) is 9.59 Å². The molecule has 0 aromatic rings. The molecule has 0 aromatic heterocycles. The predicted octanol–water partition coefficient (Wildman–Crippen LogP) is 0.0872. The molecule has 0 unspecified atom stereocenters. The fourth-order valence-electron chi connectivity index (χ4n) is 3.09. The molecule has 0 saturated carbocycles. The normalized spacial score (nSPS) is 15.5. The second-order valence-corrected chi connectivity index (χ2v) is 11.2. The van der Waals surface area contributed by atoms with Crippen LogP contribution in [0, 0.1) is 23.7 Å². The van der Waals surface area contributed by atoms with Crippen LogP contribution in [0.3, 0.4) is 0 Å². The van der Waals surface area contributed by atoms with Crippen molar-refractivity contribution in [3.63, 3.8) is 0 Å². The van der Waals surface area contributed by atoms with Crippen LogP contribution in [0.25, 0.3) is 0 Å². The van der Waals surface area contributed by atoms with Gasteiger partial charge in [-0.1, -0.05) is 55.4 Å². The maximum Gasteiger partial charge on any atom is 0.328 e. The van der Waals surface area contributed by atoms with Crippen LogP contribution in [-0.4, -0.2) is 70.6 Å². The highest BCUT2D eigenvalue weighted by atomic mass is 32.2. The van der Waals surface area contributed by atoms with Gasteiger partial charge >= 0.3 is 11.9 Å². The molecular weight excluding hydrogens is 480 g/mol. The molecule has 13 heteroatoms. The van der Waals surface area contributed by atoms with Crippen molar-refractivity contribution in [3.05, 3.63) is 0 Å². The van der Waals surface area contributed by atoms with E-state index in [9.17, 15) is 27.6 Å². The van der Waals surface area contributed by atoms with Gasteiger partial charge in [0, 0.05) is 0 Å². The minimum absolute atomic E-state index is 0.299. The third kappa shape index (κ3) is 10.5. The Bertz CT molecular complexity index is 780. The van der Waals surface area contributed by atoms with Crippen molar-refractivity contribution in [2.45, 2.75) is 79.6 Å². The molecule has 0 fully saturated rings. The fraction of sp³-hybridized carbons (Fsp3) is 0.818. The average molecular weight is 523 g/mol. The van der Waals surface area contributed by atoms with E-state index in [2.05, 4.69) is 20.1 Å². The van der Waals surface area contributed by atoms with Crippen molar-refractivity contribution in [1.29, 1.82) is 0 Å². The molecule has 0 bridgehead atoms. The SMILES string of the molecule is COC(=O)[C@@H](NC(=O)[C@@H](NS(=O)(=O)N[C@H](C(=O)N[C@H](C(=O)OC)C(C)C)C(C)C)C(C)C)C(C)C. The molecule has 0 aliphatic heterocycles. The van der Waals surface area contributed by atoms with Crippen molar-refractivity contribution < 1.29 is 37.1 Å².